The lowest BCUT2D eigenvalue weighted by atomic mass is 9.62. The zero-order valence-corrected chi connectivity index (χ0v) is 21.5. The average Bonchev–Trinajstić information content (AvgIpc) is 3.29. The molecule has 34 heavy (non-hydrogen) atoms. The van der Waals surface area contributed by atoms with Crippen molar-refractivity contribution >= 4 is 0 Å². The Labute approximate surface area is 203 Å². The van der Waals surface area contributed by atoms with E-state index in [9.17, 15) is 10.2 Å². The highest BCUT2D eigenvalue weighted by Gasteiger charge is 2.55. The summed E-state index contributed by atoms with van der Waals surface area (Å²) in [4.78, 5) is 11.1. The Morgan fingerprint density at radius 1 is 0.971 bits per heavy atom. The highest BCUT2D eigenvalue weighted by Crippen LogP contribution is 2.50. The third-order valence-electron chi connectivity index (χ3n) is 7.73. The van der Waals surface area contributed by atoms with Crippen LogP contribution >= 0.6 is 0 Å². The van der Waals surface area contributed by atoms with Gasteiger partial charge in [-0.3, -0.25) is 4.98 Å². The van der Waals surface area contributed by atoms with Crippen LogP contribution in [0.5, 0.6) is 0 Å². The monoisotopic (exact) mass is 462 g/mol. The first kappa shape index (κ1) is 24.6. The number of likely N-dealkylation sites (tertiary alicyclic amines) is 1. The number of nitrogens with zero attached hydrogens (tertiary/aromatic N) is 4. The molecule has 1 aliphatic rings. The molecule has 2 N–H and O–H groups in total. The molecule has 0 aliphatic carbocycles. The van der Waals surface area contributed by atoms with Crippen molar-refractivity contribution in [2.24, 2.45) is 5.41 Å². The van der Waals surface area contributed by atoms with Crippen LogP contribution < -0.4 is 0 Å². The van der Waals surface area contributed by atoms with Crippen LogP contribution in [-0.2, 0) is 16.6 Å². The number of benzene rings is 1. The maximum atomic E-state index is 12.5. The van der Waals surface area contributed by atoms with Gasteiger partial charge in [0.05, 0.1) is 23.9 Å². The van der Waals surface area contributed by atoms with Crippen LogP contribution in [-0.4, -0.2) is 49.8 Å². The zero-order valence-electron chi connectivity index (χ0n) is 21.5. The van der Waals surface area contributed by atoms with Gasteiger partial charge in [-0.15, -0.1) is 0 Å². The normalized spacial score (nSPS) is 18.4. The van der Waals surface area contributed by atoms with Gasteiger partial charge in [-0.1, -0.05) is 52.0 Å². The predicted octanol–water partition coefficient (Wildman–Crippen LogP) is 4.37. The number of aliphatic hydroxyl groups is 2. The predicted molar refractivity (Wildman–Crippen MR) is 135 cm³/mol. The topological polar surface area (TPSA) is 74.4 Å². The molecule has 0 unspecified atom stereocenters. The van der Waals surface area contributed by atoms with E-state index < -0.39 is 11.2 Å². The van der Waals surface area contributed by atoms with Gasteiger partial charge >= 0.3 is 0 Å². The minimum Gasteiger partial charge on any atom is -0.384 e. The van der Waals surface area contributed by atoms with E-state index in [1.807, 2.05) is 10.6 Å². The van der Waals surface area contributed by atoms with Gasteiger partial charge in [-0.25, -0.2) is 4.98 Å². The van der Waals surface area contributed by atoms with Crippen molar-refractivity contribution in [3.63, 3.8) is 0 Å². The number of hydrogen-bond acceptors (Lipinski definition) is 5. The second kappa shape index (κ2) is 8.29. The average molecular weight is 463 g/mol. The summed E-state index contributed by atoms with van der Waals surface area (Å²) in [6.07, 6.45) is 8.04. The van der Waals surface area contributed by atoms with Crippen LogP contribution in [0.4, 0.5) is 0 Å². The maximum absolute atomic E-state index is 12.5. The second-order valence-electron chi connectivity index (χ2n) is 11.4. The molecule has 4 rings (SSSR count). The lowest BCUT2D eigenvalue weighted by molar-refractivity contribution is -0.127. The van der Waals surface area contributed by atoms with Crippen molar-refractivity contribution in [2.45, 2.75) is 64.6 Å². The maximum Gasteiger partial charge on any atom is 0.124 e. The molecule has 3 aromatic rings. The van der Waals surface area contributed by atoms with E-state index in [2.05, 4.69) is 73.9 Å². The molecule has 1 saturated heterocycles. The third kappa shape index (κ3) is 4.08. The second-order valence-corrected chi connectivity index (χ2v) is 11.4. The lowest BCUT2D eigenvalue weighted by Crippen LogP contribution is -2.63. The Morgan fingerprint density at radius 2 is 1.59 bits per heavy atom. The van der Waals surface area contributed by atoms with Crippen molar-refractivity contribution in [3.05, 3.63) is 77.6 Å². The van der Waals surface area contributed by atoms with Crippen LogP contribution in [0.3, 0.4) is 0 Å². The molecular weight excluding hydrogens is 424 g/mol. The fourth-order valence-electron chi connectivity index (χ4n) is 5.15. The fraction of sp³-hybridized carbons (Fsp3) is 0.500. The molecule has 0 saturated carbocycles. The van der Waals surface area contributed by atoms with E-state index in [1.165, 1.54) is 5.56 Å². The van der Waals surface area contributed by atoms with Gasteiger partial charge in [-0.2, -0.15) is 0 Å². The highest BCUT2D eigenvalue weighted by atomic mass is 16.3. The quantitative estimate of drug-likeness (QED) is 0.545. The van der Waals surface area contributed by atoms with Crippen molar-refractivity contribution in [2.75, 3.05) is 20.1 Å². The number of imidazole rings is 1. The van der Waals surface area contributed by atoms with E-state index in [4.69, 9.17) is 0 Å². The van der Waals surface area contributed by atoms with Crippen molar-refractivity contribution < 1.29 is 10.2 Å². The van der Waals surface area contributed by atoms with Crippen LogP contribution in [0.2, 0.25) is 0 Å². The van der Waals surface area contributed by atoms with Gasteiger partial charge in [0.1, 0.15) is 11.2 Å². The highest BCUT2D eigenvalue weighted by molar-refractivity contribution is 5.45. The van der Waals surface area contributed by atoms with Crippen molar-refractivity contribution in [3.8, 4) is 5.69 Å². The summed E-state index contributed by atoms with van der Waals surface area (Å²) in [5.41, 5.74) is 1.74. The van der Waals surface area contributed by atoms with E-state index in [0.29, 0.717) is 5.69 Å². The first-order valence-electron chi connectivity index (χ1n) is 12.0. The summed E-state index contributed by atoms with van der Waals surface area (Å²) in [6, 6.07) is 10.4. The molecule has 0 spiro atoms. The van der Waals surface area contributed by atoms with Gasteiger partial charge in [-0.05, 0) is 49.9 Å². The van der Waals surface area contributed by atoms with E-state index in [-0.39, 0.29) is 10.8 Å². The number of rotatable bonds is 7. The molecular formula is C28H38N4O2. The van der Waals surface area contributed by atoms with Gasteiger partial charge < -0.3 is 19.7 Å². The number of aromatic nitrogens is 3. The van der Waals surface area contributed by atoms with E-state index >= 15 is 0 Å². The molecule has 0 bridgehead atoms. The van der Waals surface area contributed by atoms with E-state index in [1.54, 1.807) is 38.8 Å². The summed E-state index contributed by atoms with van der Waals surface area (Å²) < 4.78 is 1.84. The largest absolute Gasteiger partial charge is 0.384 e. The first-order valence-corrected chi connectivity index (χ1v) is 12.0. The van der Waals surface area contributed by atoms with Crippen LogP contribution in [0.15, 0.2) is 55.2 Å². The fourth-order valence-corrected chi connectivity index (χ4v) is 5.15. The van der Waals surface area contributed by atoms with Crippen LogP contribution in [0.25, 0.3) is 5.69 Å². The molecule has 6 heteroatoms. The Balaban J connectivity index is 1.80. The first-order chi connectivity index (χ1) is 15.8. The van der Waals surface area contributed by atoms with Crippen molar-refractivity contribution in [1.29, 1.82) is 0 Å². The Bertz CT molecular complexity index is 1150. The summed E-state index contributed by atoms with van der Waals surface area (Å²) in [6.45, 7) is 13.8. The third-order valence-corrected chi connectivity index (χ3v) is 7.73. The van der Waals surface area contributed by atoms with Crippen molar-refractivity contribution in [1.82, 2.24) is 19.4 Å². The molecule has 2 aromatic heterocycles. The molecule has 3 heterocycles. The SMILES string of the molecule is CCC(C)(C)c1ccc([C@](O)(c2cncc(-n3cnc(C(C)(C)O)c3)c2)C2(C)CN(C)C2)cc1. The Morgan fingerprint density at radius 3 is 2.12 bits per heavy atom. The summed E-state index contributed by atoms with van der Waals surface area (Å²) in [5, 5.41) is 22.8. The van der Waals surface area contributed by atoms with Gasteiger partial charge in [0, 0.05) is 36.5 Å². The molecule has 0 amide bonds. The summed E-state index contributed by atoms with van der Waals surface area (Å²) in [5.74, 6) is 0. The molecule has 1 fully saturated rings. The molecule has 6 nitrogen and oxygen atoms in total. The summed E-state index contributed by atoms with van der Waals surface area (Å²) >= 11 is 0. The molecule has 0 radical (unpaired) electrons. The lowest BCUT2D eigenvalue weighted by Gasteiger charge is -2.56. The van der Waals surface area contributed by atoms with Gasteiger partial charge in [0.25, 0.3) is 0 Å². The minimum absolute atomic E-state index is 0.0817. The van der Waals surface area contributed by atoms with Gasteiger partial charge in [0.15, 0.2) is 0 Å². The molecule has 182 valence electrons. The standard InChI is InChI=1S/C28H38N4O2/c1-8-25(2,3)20-9-11-21(12-10-20)28(34,27(6)17-31(7)18-27)22-13-23(15-29-14-22)32-16-24(30-19-32)26(4,5)33/h9-16,19,33-34H,8,17-18H2,1-7H3/t28-/m0/s1. The zero-order chi connectivity index (χ0) is 24.9. The summed E-state index contributed by atoms with van der Waals surface area (Å²) in [7, 11) is 2.08. The van der Waals surface area contributed by atoms with Crippen LogP contribution in [0, 0.1) is 5.41 Å². The molecule has 1 atom stereocenters. The van der Waals surface area contributed by atoms with E-state index in [0.717, 1.165) is 36.3 Å². The smallest absolute Gasteiger partial charge is 0.124 e. The van der Waals surface area contributed by atoms with Crippen LogP contribution in [0.1, 0.15) is 70.3 Å². The molecule has 1 aromatic carbocycles. The number of hydrogen-bond donors (Lipinski definition) is 2. The Kier molecular flexibility index (Phi) is 6.00. The minimum atomic E-state index is -1.21. The Hall–Kier alpha value is -2.54. The number of pyridine rings is 1. The van der Waals surface area contributed by atoms with Gasteiger partial charge in [0.2, 0.25) is 0 Å². The molecule has 1 aliphatic heterocycles.